The van der Waals surface area contributed by atoms with E-state index in [0.29, 0.717) is 32.1 Å². The molecule has 0 saturated heterocycles. The highest BCUT2D eigenvalue weighted by Crippen LogP contribution is 2.45. The Morgan fingerprint density at radius 1 is 0.279 bits per heavy atom. The van der Waals surface area contributed by atoms with Crippen LogP contribution in [0.3, 0.4) is 0 Å². The van der Waals surface area contributed by atoms with Crippen LogP contribution in [-0.4, -0.2) is 96.7 Å². The monoisotopic (exact) mass is 1490 g/mol. The first-order valence-electron chi connectivity index (χ1n) is 39.7. The molecule has 5 atom stereocenters. The van der Waals surface area contributed by atoms with E-state index in [4.69, 9.17) is 37.0 Å². The van der Waals surface area contributed by atoms with Gasteiger partial charge in [-0.3, -0.25) is 37.3 Å². The van der Waals surface area contributed by atoms with Crippen LogP contribution in [0.2, 0.25) is 0 Å². The van der Waals surface area contributed by atoms with Crippen molar-refractivity contribution >= 4 is 39.5 Å². The Morgan fingerprint density at radius 3 is 0.837 bits per heavy atom. The molecule has 19 heteroatoms. The summed E-state index contributed by atoms with van der Waals surface area (Å²) >= 11 is 0. The summed E-state index contributed by atoms with van der Waals surface area (Å²) in [6.07, 6.45) is 88.1. The van der Waals surface area contributed by atoms with E-state index in [1.165, 1.54) is 32.1 Å². The molecule has 0 aliphatic heterocycles. The minimum absolute atomic E-state index is 0.0342. The standard InChI is InChI=1S/C85H140O17P2/c1-5-9-13-17-21-25-29-32-35-37-39-41-44-46-50-53-57-61-65-69-82(87)95-75-80(101-84(89)71-67-63-59-55-49-28-24-20-16-12-8-4)77-99-103(91,92)97-73-79(86)74-98-104(93,94)100-78-81(102-85(90)72-68-64-60-56-52-48-43-34-31-27-23-19-15-11-7-3)76-96-83(88)70-66-62-58-54-51-47-45-42-40-38-36-33-30-26-22-18-14-10-6-2/h9,11,13,15,20-27,32-36,39-43,46,50,52,56,79-81,86H,5-8,10,12,14,16-19,28-31,37-38,44-45,47-49,51,53-55,57-78H2,1-4H3,(H,91,92)(H,93,94)/b13-9-,15-11-,24-20-,25-21-,26-22-,27-23-,35-32-,36-33-,41-39-,42-40-,43-34-,50-46-,56-52-. The van der Waals surface area contributed by atoms with Gasteiger partial charge in [-0.05, 0) is 167 Å². The molecule has 0 radical (unpaired) electrons. The van der Waals surface area contributed by atoms with Gasteiger partial charge in [-0.25, -0.2) is 9.13 Å². The molecule has 0 heterocycles. The zero-order valence-electron chi connectivity index (χ0n) is 64.6. The van der Waals surface area contributed by atoms with Crippen molar-refractivity contribution in [3.63, 3.8) is 0 Å². The third kappa shape index (κ3) is 74.9. The highest BCUT2D eigenvalue weighted by atomic mass is 31.2. The Hall–Kier alpha value is -5.32. The normalized spacial score (nSPS) is 14.7. The van der Waals surface area contributed by atoms with Crippen molar-refractivity contribution < 1.29 is 80.2 Å². The summed E-state index contributed by atoms with van der Waals surface area (Å²) in [6.45, 7) is 4.46. The molecule has 0 aromatic heterocycles. The Bertz CT molecular complexity index is 2590. The number of phosphoric ester groups is 2. The molecule has 17 nitrogen and oxygen atoms in total. The smallest absolute Gasteiger partial charge is 0.462 e. The Kier molecular flexibility index (Phi) is 72.0. The van der Waals surface area contributed by atoms with Gasteiger partial charge in [-0.2, -0.15) is 0 Å². The van der Waals surface area contributed by atoms with Gasteiger partial charge in [0.1, 0.15) is 19.3 Å². The number of ether oxygens (including phenoxy) is 4. The lowest BCUT2D eigenvalue weighted by atomic mass is 10.1. The fourth-order valence-corrected chi connectivity index (χ4v) is 11.5. The van der Waals surface area contributed by atoms with Crippen LogP contribution in [0.4, 0.5) is 0 Å². The first-order valence-corrected chi connectivity index (χ1v) is 42.7. The van der Waals surface area contributed by atoms with E-state index in [1.54, 1.807) is 0 Å². The second-order valence-electron chi connectivity index (χ2n) is 25.9. The summed E-state index contributed by atoms with van der Waals surface area (Å²) in [7, 11) is -9.99. The summed E-state index contributed by atoms with van der Waals surface area (Å²) < 4.78 is 68.5. The summed E-state index contributed by atoms with van der Waals surface area (Å²) in [5.41, 5.74) is 0. The Balaban J connectivity index is 5.40. The zero-order chi connectivity index (χ0) is 76.0. The molecule has 5 unspecified atom stereocenters. The molecule has 0 amide bonds. The molecule has 0 aliphatic rings. The maximum Gasteiger partial charge on any atom is 0.472 e. The van der Waals surface area contributed by atoms with Crippen molar-refractivity contribution in [1.29, 1.82) is 0 Å². The van der Waals surface area contributed by atoms with Gasteiger partial charge in [-0.1, -0.05) is 263 Å². The molecular weight excluding hydrogens is 1350 g/mol. The number of aliphatic hydroxyl groups is 1. The number of carbonyl (C=O) groups is 4. The zero-order valence-corrected chi connectivity index (χ0v) is 66.4. The fraction of sp³-hybridized carbons (Fsp3) is 0.647. The number of carbonyl (C=O) groups excluding carboxylic acids is 4. The van der Waals surface area contributed by atoms with Crippen LogP contribution in [0.5, 0.6) is 0 Å². The number of unbranched alkanes of at least 4 members (excludes halogenated alkanes) is 21. The van der Waals surface area contributed by atoms with E-state index in [1.807, 2.05) is 0 Å². The molecule has 0 bridgehead atoms. The molecule has 0 aliphatic carbocycles. The molecule has 592 valence electrons. The van der Waals surface area contributed by atoms with Crippen LogP contribution in [-0.2, 0) is 65.4 Å². The van der Waals surface area contributed by atoms with Crippen LogP contribution >= 0.6 is 15.6 Å². The number of rotatable bonds is 73. The van der Waals surface area contributed by atoms with Gasteiger partial charge in [0.25, 0.3) is 0 Å². The predicted octanol–water partition coefficient (Wildman–Crippen LogP) is 23.2. The lowest BCUT2D eigenvalue weighted by Crippen LogP contribution is -2.30. The van der Waals surface area contributed by atoms with Gasteiger partial charge in [0.15, 0.2) is 12.2 Å². The molecule has 0 aromatic rings. The number of hydrogen-bond donors (Lipinski definition) is 3. The number of hydrogen-bond acceptors (Lipinski definition) is 15. The number of aliphatic hydroxyl groups excluding tert-OH is 1. The van der Waals surface area contributed by atoms with Crippen LogP contribution in [0, 0.1) is 0 Å². The minimum Gasteiger partial charge on any atom is -0.462 e. The predicted molar refractivity (Wildman–Crippen MR) is 427 cm³/mol. The Labute approximate surface area is 629 Å². The number of phosphoric acid groups is 2. The van der Waals surface area contributed by atoms with Gasteiger partial charge in [0, 0.05) is 25.7 Å². The number of allylic oxidation sites excluding steroid dienone is 26. The average molecular weight is 1500 g/mol. The molecule has 0 spiro atoms. The lowest BCUT2D eigenvalue weighted by molar-refractivity contribution is -0.161. The maximum atomic E-state index is 13.1. The molecule has 0 saturated carbocycles. The summed E-state index contributed by atoms with van der Waals surface area (Å²) in [6, 6.07) is 0. The van der Waals surface area contributed by atoms with Gasteiger partial charge in [0.2, 0.25) is 0 Å². The van der Waals surface area contributed by atoms with Gasteiger partial charge < -0.3 is 33.8 Å². The van der Waals surface area contributed by atoms with Gasteiger partial charge in [-0.15, -0.1) is 0 Å². The van der Waals surface area contributed by atoms with E-state index >= 15 is 0 Å². The van der Waals surface area contributed by atoms with Crippen molar-refractivity contribution in [1.82, 2.24) is 0 Å². The maximum absolute atomic E-state index is 13.1. The molecule has 104 heavy (non-hydrogen) atoms. The second-order valence-corrected chi connectivity index (χ2v) is 28.8. The van der Waals surface area contributed by atoms with Crippen LogP contribution < -0.4 is 0 Å². The summed E-state index contributed by atoms with van der Waals surface area (Å²) in [5, 5.41) is 10.6. The van der Waals surface area contributed by atoms with Gasteiger partial charge in [0.05, 0.1) is 26.4 Å². The third-order valence-corrected chi connectivity index (χ3v) is 17.9. The molecule has 3 N–H and O–H groups in total. The van der Waals surface area contributed by atoms with E-state index in [2.05, 4.69) is 186 Å². The molecular formula is C85H140O17P2. The first kappa shape index (κ1) is 98.7. The fourth-order valence-electron chi connectivity index (χ4n) is 9.93. The third-order valence-electron chi connectivity index (χ3n) is 16.0. The van der Waals surface area contributed by atoms with Crippen LogP contribution in [0.25, 0.3) is 0 Å². The van der Waals surface area contributed by atoms with E-state index < -0.39 is 97.5 Å². The summed E-state index contributed by atoms with van der Waals surface area (Å²) in [5.74, 6) is -2.29. The van der Waals surface area contributed by atoms with Crippen molar-refractivity contribution in [2.75, 3.05) is 39.6 Å². The second kappa shape index (κ2) is 75.9. The van der Waals surface area contributed by atoms with Gasteiger partial charge >= 0.3 is 39.5 Å². The van der Waals surface area contributed by atoms with Crippen LogP contribution in [0.15, 0.2) is 158 Å². The van der Waals surface area contributed by atoms with Crippen LogP contribution in [0.1, 0.15) is 297 Å². The quantitative estimate of drug-likeness (QED) is 0.0169. The van der Waals surface area contributed by atoms with Crippen molar-refractivity contribution in [2.45, 2.75) is 316 Å². The van der Waals surface area contributed by atoms with Crippen molar-refractivity contribution in [3.8, 4) is 0 Å². The minimum atomic E-state index is -5.00. The van der Waals surface area contributed by atoms with E-state index in [9.17, 15) is 43.2 Å². The molecule has 0 rings (SSSR count). The van der Waals surface area contributed by atoms with E-state index in [0.717, 1.165) is 180 Å². The molecule has 0 fully saturated rings. The largest absolute Gasteiger partial charge is 0.472 e. The molecule has 0 aromatic carbocycles. The van der Waals surface area contributed by atoms with E-state index in [-0.39, 0.29) is 25.7 Å². The van der Waals surface area contributed by atoms with Crippen molar-refractivity contribution in [2.24, 2.45) is 0 Å². The van der Waals surface area contributed by atoms with Crippen molar-refractivity contribution in [3.05, 3.63) is 158 Å². The number of esters is 4. The summed E-state index contributed by atoms with van der Waals surface area (Å²) in [4.78, 5) is 72.9. The highest BCUT2D eigenvalue weighted by molar-refractivity contribution is 7.47. The lowest BCUT2D eigenvalue weighted by Gasteiger charge is -2.21. The SMILES string of the molecule is CC/C=C\C/C=C\C/C=C\C/C=C\C/C=C\CCCCCC(=O)OCC(COP(=O)(O)OCC(O)COP(=O)(O)OCC(COC(=O)CCCCCCCC/C=C\C/C=C\C/C=C\CCCCC)OC(=O)CCCC/C=C\C/C=C\C/C=C\C/C=C\CC)OC(=O)CCCCCCC/C=C\CCCC. The topological polar surface area (TPSA) is 237 Å². The average Bonchev–Trinajstić information content (AvgIpc) is 0.931. The first-order chi connectivity index (χ1) is 50.7. The highest BCUT2D eigenvalue weighted by Gasteiger charge is 2.30. The Morgan fingerprint density at radius 2 is 0.510 bits per heavy atom.